The zero-order chi connectivity index (χ0) is 25.2. The maximum absolute atomic E-state index is 15.4. The number of piperidine rings is 1. The molecule has 2 unspecified atom stereocenters. The van der Waals surface area contributed by atoms with Crippen LogP contribution >= 0.6 is 0 Å². The minimum absolute atomic E-state index is 0.000153. The van der Waals surface area contributed by atoms with E-state index in [0.29, 0.717) is 25.1 Å². The van der Waals surface area contributed by atoms with E-state index in [1.807, 2.05) is 0 Å². The third kappa shape index (κ3) is 6.37. The van der Waals surface area contributed by atoms with Crippen molar-refractivity contribution in [2.24, 2.45) is 11.7 Å². The first-order valence-corrected chi connectivity index (χ1v) is 11.5. The van der Waals surface area contributed by atoms with Crippen molar-refractivity contribution < 1.29 is 27.5 Å². The summed E-state index contributed by atoms with van der Waals surface area (Å²) in [4.78, 5) is 22.8. The Morgan fingerprint density at radius 2 is 1.91 bits per heavy atom. The number of nitrogens with two attached hydrogens (primary N) is 1. The number of nitrogens with one attached hydrogen (secondary N) is 1. The van der Waals surface area contributed by atoms with Crippen LogP contribution in [0.4, 0.5) is 29.2 Å². The number of β-amino-alcohol motifs (C(OH)–C–C–N with tert-alkyl or cyclic N) is 1. The first-order valence-electron chi connectivity index (χ1n) is 11.5. The Balaban J connectivity index is 1.42. The van der Waals surface area contributed by atoms with Gasteiger partial charge < -0.3 is 21.1 Å². The van der Waals surface area contributed by atoms with E-state index in [9.17, 15) is 23.1 Å². The lowest BCUT2D eigenvalue weighted by Gasteiger charge is -2.35. The number of halogens is 4. The molecule has 0 radical (unpaired) electrons. The van der Waals surface area contributed by atoms with Crippen molar-refractivity contribution in [3.8, 4) is 0 Å². The molecule has 2 aromatic rings. The van der Waals surface area contributed by atoms with E-state index in [-0.39, 0.29) is 43.2 Å². The molecule has 190 valence electrons. The smallest absolute Gasteiger partial charge is 0.391 e. The molecule has 2 heterocycles. The second-order valence-corrected chi connectivity index (χ2v) is 9.11. The number of hydrogen-bond donors (Lipinski definition) is 3. The average Bonchev–Trinajstić information content (AvgIpc) is 3.63. The highest BCUT2D eigenvalue weighted by Crippen LogP contribution is 2.35. The van der Waals surface area contributed by atoms with Crippen LogP contribution in [0.2, 0.25) is 0 Å². The summed E-state index contributed by atoms with van der Waals surface area (Å²) in [6, 6.07) is 4.87. The quantitative estimate of drug-likeness (QED) is 0.458. The zero-order valence-electron chi connectivity index (χ0n) is 19.0. The van der Waals surface area contributed by atoms with Crippen molar-refractivity contribution in [2.45, 2.75) is 44.1 Å². The van der Waals surface area contributed by atoms with E-state index in [2.05, 4.69) is 15.3 Å². The number of hydrogen-bond acceptors (Lipinski definition) is 7. The lowest BCUT2D eigenvalue weighted by Crippen LogP contribution is -2.48. The van der Waals surface area contributed by atoms with Crippen molar-refractivity contribution in [1.29, 1.82) is 0 Å². The number of benzene rings is 1. The van der Waals surface area contributed by atoms with Gasteiger partial charge in [-0.2, -0.15) is 17.6 Å². The van der Waals surface area contributed by atoms with Crippen molar-refractivity contribution in [3.63, 3.8) is 0 Å². The Bertz CT molecular complexity index is 1030. The maximum Gasteiger partial charge on any atom is 0.416 e. The molecule has 2 fully saturated rings. The molecule has 2 aliphatic rings. The molecule has 1 saturated carbocycles. The van der Waals surface area contributed by atoms with Gasteiger partial charge in [-0.05, 0) is 43.5 Å². The third-order valence-corrected chi connectivity index (χ3v) is 6.38. The summed E-state index contributed by atoms with van der Waals surface area (Å²) in [6.07, 6.45) is -1.60. The molecular weight excluding hydrogens is 468 g/mol. The number of amides is 1. The molecule has 1 aliphatic carbocycles. The monoisotopic (exact) mass is 496 g/mol. The molecule has 1 saturated heterocycles. The molecule has 4 rings (SSSR count). The molecule has 8 nitrogen and oxygen atoms in total. The average molecular weight is 497 g/mol. The number of rotatable bonds is 9. The Morgan fingerprint density at radius 3 is 2.51 bits per heavy atom. The summed E-state index contributed by atoms with van der Waals surface area (Å²) in [5.74, 6) is -1.18. The third-order valence-electron chi connectivity index (χ3n) is 6.38. The molecule has 1 aromatic carbocycles. The summed E-state index contributed by atoms with van der Waals surface area (Å²) in [6.45, 7) is 1.47. The molecule has 2 atom stereocenters. The first-order chi connectivity index (χ1) is 16.6. The van der Waals surface area contributed by atoms with Gasteiger partial charge in [-0.15, -0.1) is 0 Å². The van der Waals surface area contributed by atoms with Gasteiger partial charge in [-0.1, -0.05) is 12.1 Å². The van der Waals surface area contributed by atoms with E-state index in [1.54, 1.807) is 9.80 Å². The molecule has 1 amide bonds. The number of aliphatic hydroxyl groups excluding tert-OH is 1. The van der Waals surface area contributed by atoms with Crippen molar-refractivity contribution >= 4 is 17.5 Å². The predicted molar refractivity (Wildman–Crippen MR) is 121 cm³/mol. The number of likely N-dealkylation sites (tertiary alicyclic amines) is 1. The lowest BCUT2D eigenvalue weighted by molar-refractivity contribution is -0.137. The van der Waals surface area contributed by atoms with Gasteiger partial charge >= 0.3 is 6.18 Å². The standard InChI is InChI=1S/C23H28F4N6O2/c24-20-21(29-9-15-7-8-32(11-18(15)34)12-19(28)35)30-13-31-22(20)33(17-5-6-17)10-14-1-3-16(4-2-14)23(25,26)27/h1-4,13,15,17-18,34H,5-12H2,(H2,28,35)(H,29,30,31). The molecule has 0 spiro atoms. The lowest BCUT2D eigenvalue weighted by atomic mass is 9.93. The van der Waals surface area contributed by atoms with Gasteiger partial charge in [-0.3, -0.25) is 9.69 Å². The number of carbonyl (C=O) groups excluding carboxylic acids is 1. The van der Waals surface area contributed by atoms with Crippen LogP contribution in [0.25, 0.3) is 0 Å². The maximum atomic E-state index is 15.4. The number of primary amides is 1. The molecule has 1 aromatic heterocycles. The van der Waals surface area contributed by atoms with Crippen LogP contribution in [0.5, 0.6) is 0 Å². The SMILES string of the molecule is NC(=O)CN1CCC(CNc2ncnc(N(Cc3ccc(C(F)(F)F)cc3)C3CC3)c2F)C(O)C1. The highest BCUT2D eigenvalue weighted by molar-refractivity contribution is 5.75. The van der Waals surface area contributed by atoms with Gasteiger partial charge in [-0.25, -0.2) is 9.97 Å². The van der Waals surface area contributed by atoms with Gasteiger partial charge in [0.2, 0.25) is 11.7 Å². The Morgan fingerprint density at radius 1 is 1.20 bits per heavy atom. The van der Waals surface area contributed by atoms with Crippen molar-refractivity contribution in [2.75, 3.05) is 36.4 Å². The van der Waals surface area contributed by atoms with E-state index < -0.39 is 29.6 Å². The fraction of sp³-hybridized carbons (Fsp3) is 0.522. The van der Waals surface area contributed by atoms with Crippen LogP contribution in [-0.4, -0.2) is 64.2 Å². The first kappa shape index (κ1) is 25.1. The van der Waals surface area contributed by atoms with E-state index >= 15 is 4.39 Å². The predicted octanol–water partition coefficient (Wildman–Crippen LogP) is 2.38. The number of anilines is 2. The molecule has 12 heteroatoms. The minimum Gasteiger partial charge on any atom is -0.391 e. The number of nitrogens with zero attached hydrogens (tertiary/aromatic N) is 4. The van der Waals surface area contributed by atoms with Crippen LogP contribution in [0.15, 0.2) is 30.6 Å². The van der Waals surface area contributed by atoms with E-state index in [0.717, 1.165) is 25.0 Å². The number of aliphatic hydroxyl groups is 1. The number of aromatic nitrogens is 2. The largest absolute Gasteiger partial charge is 0.416 e. The van der Waals surface area contributed by atoms with Crippen LogP contribution in [-0.2, 0) is 17.5 Å². The summed E-state index contributed by atoms with van der Waals surface area (Å²) < 4.78 is 54.0. The summed E-state index contributed by atoms with van der Waals surface area (Å²) in [5, 5.41) is 13.4. The number of carbonyl (C=O) groups is 1. The normalized spacial score (nSPS) is 21.1. The molecule has 0 bridgehead atoms. The number of alkyl halides is 3. The summed E-state index contributed by atoms with van der Waals surface area (Å²) >= 11 is 0. The zero-order valence-corrected chi connectivity index (χ0v) is 19.0. The Hall–Kier alpha value is -2.99. The molecule has 4 N–H and O–H groups in total. The summed E-state index contributed by atoms with van der Waals surface area (Å²) in [5.41, 5.74) is 5.09. The van der Waals surface area contributed by atoms with Gasteiger partial charge in [0.15, 0.2) is 11.6 Å². The van der Waals surface area contributed by atoms with E-state index in [1.165, 1.54) is 18.5 Å². The van der Waals surface area contributed by atoms with Crippen molar-refractivity contribution in [1.82, 2.24) is 14.9 Å². The molecule has 35 heavy (non-hydrogen) atoms. The highest BCUT2D eigenvalue weighted by atomic mass is 19.4. The Labute approximate surface area is 200 Å². The minimum atomic E-state index is -4.42. The van der Waals surface area contributed by atoms with Crippen molar-refractivity contribution in [3.05, 3.63) is 47.5 Å². The van der Waals surface area contributed by atoms with E-state index in [4.69, 9.17) is 5.73 Å². The fourth-order valence-corrected chi connectivity index (χ4v) is 4.32. The van der Waals surface area contributed by atoms with Crippen LogP contribution in [0, 0.1) is 11.7 Å². The second kappa shape index (κ2) is 10.3. The molecular formula is C23H28F4N6O2. The van der Waals surface area contributed by atoms with Gasteiger partial charge in [0, 0.05) is 31.6 Å². The van der Waals surface area contributed by atoms with Gasteiger partial charge in [0.25, 0.3) is 0 Å². The molecule has 1 aliphatic heterocycles. The Kier molecular flexibility index (Phi) is 7.41. The topological polar surface area (TPSA) is 108 Å². The van der Waals surface area contributed by atoms with Gasteiger partial charge in [0.05, 0.1) is 18.2 Å². The van der Waals surface area contributed by atoms with Crippen LogP contribution in [0.1, 0.15) is 30.4 Å². The van der Waals surface area contributed by atoms with Crippen LogP contribution < -0.4 is 16.0 Å². The summed E-state index contributed by atoms with van der Waals surface area (Å²) in [7, 11) is 0. The highest BCUT2D eigenvalue weighted by Gasteiger charge is 2.34. The van der Waals surface area contributed by atoms with Crippen LogP contribution in [0.3, 0.4) is 0 Å². The van der Waals surface area contributed by atoms with Gasteiger partial charge in [0.1, 0.15) is 6.33 Å². The fourth-order valence-electron chi connectivity index (χ4n) is 4.32. The second-order valence-electron chi connectivity index (χ2n) is 9.11.